The molecule has 2 aromatic carbocycles. The van der Waals surface area contributed by atoms with E-state index in [0.29, 0.717) is 30.3 Å². The molecule has 1 fully saturated rings. The van der Waals surface area contributed by atoms with Crippen molar-refractivity contribution in [2.45, 2.75) is 13.3 Å². The van der Waals surface area contributed by atoms with Crippen molar-refractivity contribution >= 4 is 23.9 Å². The maximum Gasteiger partial charge on any atom is 0.328 e. The molecule has 0 saturated carbocycles. The lowest BCUT2D eigenvalue weighted by molar-refractivity contribution is -0.123. The summed E-state index contributed by atoms with van der Waals surface area (Å²) in [5, 5.41) is 4.08. The average Bonchev–Trinajstić information content (AvgIpc) is 2.67. The number of imide groups is 2. The predicted octanol–water partition coefficient (Wildman–Crippen LogP) is 2.46. The molecule has 7 heteroatoms. The van der Waals surface area contributed by atoms with Gasteiger partial charge in [-0.3, -0.25) is 20.2 Å². The van der Waals surface area contributed by atoms with Crippen molar-refractivity contribution < 1.29 is 23.9 Å². The Bertz CT molecular complexity index is 900. The Balaban J connectivity index is 1.75. The van der Waals surface area contributed by atoms with E-state index in [1.807, 2.05) is 47.9 Å². The van der Waals surface area contributed by atoms with Gasteiger partial charge in [0.05, 0.1) is 13.2 Å². The summed E-state index contributed by atoms with van der Waals surface area (Å²) in [5.74, 6) is -0.393. The van der Waals surface area contributed by atoms with Crippen molar-refractivity contribution in [2.24, 2.45) is 0 Å². The monoisotopic (exact) mass is 380 g/mol. The fraction of sp³-hybridized carbons (Fsp3) is 0.190. The number of carbonyl (C=O) groups is 3. The molecule has 1 heterocycles. The van der Waals surface area contributed by atoms with Crippen LogP contribution >= 0.6 is 0 Å². The lowest BCUT2D eigenvalue weighted by Gasteiger charge is -2.15. The second-order valence-corrected chi connectivity index (χ2v) is 6.02. The van der Waals surface area contributed by atoms with Gasteiger partial charge in [-0.1, -0.05) is 36.4 Å². The van der Waals surface area contributed by atoms with E-state index in [9.17, 15) is 14.4 Å². The Morgan fingerprint density at radius 1 is 0.893 bits per heavy atom. The van der Waals surface area contributed by atoms with Gasteiger partial charge in [0, 0.05) is 6.42 Å². The number of hydrogen-bond donors (Lipinski definition) is 2. The Morgan fingerprint density at radius 3 is 2.29 bits per heavy atom. The molecular weight excluding hydrogens is 360 g/mol. The highest BCUT2D eigenvalue weighted by atomic mass is 16.5. The third-order valence-corrected chi connectivity index (χ3v) is 4.01. The maximum absolute atomic E-state index is 11.9. The molecule has 0 aliphatic carbocycles. The van der Waals surface area contributed by atoms with E-state index in [-0.39, 0.29) is 5.57 Å². The molecule has 4 amide bonds. The fourth-order valence-electron chi connectivity index (χ4n) is 2.70. The third-order valence-electron chi connectivity index (χ3n) is 4.01. The fourth-order valence-corrected chi connectivity index (χ4v) is 2.70. The van der Waals surface area contributed by atoms with Crippen LogP contribution in [-0.4, -0.2) is 31.1 Å². The summed E-state index contributed by atoms with van der Waals surface area (Å²) in [4.78, 5) is 34.9. The quantitative estimate of drug-likeness (QED) is 0.568. The number of rotatable bonds is 7. The first-order valence-corrected chi connectivity index (χ1v) is 8.88. The second-order valence-electron chi connectivity index (χ2n) is 6.02. The van der Waals surface area contributed by atoms with Gasteiger partial charge in [-0.2, -0.15) is 0 Å². The van der Waals surface area contributed by atoms with Crippen LogP contribution in [0.3, 0.4) is 0 Å². The van der Waals surface area contributed by atoms with Gasteiger partial charge in [0.2, 0.25) is 0 Å². The van der Waals surface area contributed by atoms with Crippen LogP contribution in [0, 0.1) is 0 Å². The van der Waals surface area contributed by atoms with Gasteiger partial charge in [-0.25, -0.2) is 4.79 Å². The molecule has 2 N–H and O–H groups in total. The first kappa shape index (κ1) is 19.2. The van der Waals surface area contributed by atoms with Crippen LogP contribution < -0.4 is 20.1 Å². The van der Waals surface area contributed by atoms with E-state index in [0.717, 1.165) is 6.42 Å². The molecular formula is C21H20N2O5. The number of amides is 4. The largest absolute Gasteiger partial charge is 0.490 e. The van der Waals surface area contributed by atoms with Crippen LogP contribution in [0.4, 0.5) is 4.79 Å². The Morgan fingerprint density at radius 2 is 1.61 bits per heavy atom. The van der Waals surface area contributed by atoms with Crippen molar-refractivity contribution in [3.63, 3.8) is 0 Å². The Kier molecular flexibility index (Phi) is 6.06. The molecule has 0 radical (unpaired) electrons. The molecule has 0 atom stereocenters. The molecule has 0 unspecified atom stereocenters. The van der Waals surface area contributed by atoms with Crippen LogP contribution in [0.2, 0.25) is 0 Å². The summed E-state index contributed by atoms with van der Waals surface area (Å²) in [7, 11) is 0. The SMILES string of the molecule is CCOc1cc(C=C2C(=O)NC(=O)NC2=O)ccc1OCCc1ccccc1. The molecule has 1 aliphatic heterocycles. The standard InChI is InChI=1S/C21H20N2O5/c1-2-27-18-13-15(12-16-19(24)22-21(26)23-20(16)25)8-9-17(18)28-11-10-14-6-4-3-5-7-14/h3-9,12-13H,2,10-11H2,1H3,(H2,22,23,24,25,26). The highest BCUT2D eigenvalue weighted by Crippen LogP contribution is 2.29. The van der Waals surface area contributed by atoms with Crippen LogP contribution in [0.25, 0.3) is 6.08 Å². The minimum absolute atomic E-state index is 0.153. The van der Waals surface area contributed by atoms with Crippen LogP contribution in [0.15, 0.2) is 54.1 Å². The van der Waals surface area contributed by atoms with Gasteiger partial charge in [-0.05, 0) is 36.3 Å². The summed E-state index contributed by atoms with van der Waals surface area (Å²) < 4.78 is 11.5. The topological polar surface area (TPSA) is 93.7 Å². The number of nitrogens with one attached hydrogen (secondary N) is 2. The van der Waals surface area contributed by atoms with Crippen LogP contribution in [0.5, 0.6) is 11.5 Å². The van der Waals surface area contributed by atoms with Crippen molar-refractivity contribution in [3.05, 3.63) is 65.2 Å². The normalized spacial score (nSPS) is 13.6. The van der Waals surface area contributed by atoms with Gasteiger partial charge >= 0.3 is 6.03 Å². The Hall–Kier alpha value is -3.61. The minimum atomic E-state index is -0.829. The van der Waals surface area contributed by atoms with Gasteiger partial charge in [0.25, 0.3) is 11.8 Å². The molecule has 3 rings (SSSR count). The number of carbonyl (C=O) groups excluding carboxylic acids is 3. The summed E-state index contributed by atoms with van der Waals surface area (Å²) >= 11 is 0. The minimum Gasteiger partial charge on any atom is -0.490 e. The van der Waals surface area contributed by atoms with Crippen molar-refractivity contribution in [1.82, 2.24) is 10.6 Å². The number of benzene rings is 2. The van der Waals surface area contributed by atoms with Gasteiger partial charge < -0.3 is 9.47 Å². The van der Waals surface area contributed by atoms with E-state index in [1.165, 1.54) is 11.6 Å². The third kappa shape index (κ3) is 4.76. The first-order chi connectivity index (χ1) is 13.6. The summed E-state index contributed by atoms with van der Waals surface area (Å²) in [5.41, 5.74) is 1.60. The van der Waals surface area contributed by atoms with Gasteiger partial charge in [0.15, 0.2) is 11.5 Å². The second kappa shape index (κ2) is 8.85. The van der Waals surface area contributed by atoms with Gasteiger partial charge in [0.1, 0.15) is 5.57 Å². The van der Waals surface area contributed by atoms with Crippen LogP contribution in [-0.2, 0) is 16.0 Å². The average molecular weight is 380 g/mol. The molecule has 28 heavy (non-hydrogen) atoms. The predicted molar refractivity (Wildman–Crippen MR) is 103 cm³/mol. The highest BCUT2D eigenvalue weighted by molar-refractivity contribution is 6.31. The zero-order chi connectivity index (χ0) is 19.9. The molecule has 2 aromatic rings. The van der Waals surface area contributed by atoms with Crippen molar-refractivity contribution in [2.75, 3.05) is 13.2 Å². The Labute approximate surface area is 162 Å². The number of barbiturate groups is 1. The lowest BCUT2D eigenvalue weighted by atomic mass is 10.1. The summed E-state index contributed by atoms with van der Waals surface area (Å²) in [6.07, 6.45) is 2.15. The molecule has 1 aliphatic rings. The van der Waals surface area contributed by atoms with Crippen LogP contribution in [0.1, 0.15) is 18.1 Å². The van der Waals surface area contributed by atoms with E-state index in [4.69, 9.17) is 9.47 Å². The smallest absolute Gasteiger partial charge is 0.328 e. The molecule has 1 saturated heterocycles. The highest BCUT2D eigenvalue weighted by Gasteiger charge is 2.27. The van der Waals surface area contributed by atoms with E-state index in [1.54, 1.807) is 18.2 Å². The zero-order valence-corrected chi connectivity index (χ0v) is 15.4. The van der Waals surface area contributed by atoms with Crippen molar-refractivity contribution in [1.29, 1.82) is 0 Å². The molecule has 0 aromatic heterocycles. The molecule has 144 valence electrons. The lowest BCUT2D eigenvalue weighted by Crippen LogP contribution is -2.51. The summed E-state index contributed by atoms with van der Waals surface area (Å²) in [6, 6.07) is 14.3. The van der Waals surface area contributed by atoms with Crippen molar-refractivity contribution in [3.8, 4) is 11.5 Å². The summed E-state index contributed by atoms with van der Waals surface area (Å²) in [6.45, 7) is 2.77. The molecule has 0 bridgehead atoms. The van der Waals surface area contributed by atoms with E-state index in [2.05, 4.69) is 0 Å². The zero-order valence-electron chi connectivity index (χ0n) is 15.4. The van der Waals surface area contributed by atoms with Gasteiger partial charge in [-0.15, -0.1) is 0 Å². The molecule has 7 nitrogen and oxygen atoms in total. The maximum atomic E-state index is 11.9. The number of ether oxygens (including phenoxy) is 2. The molecule has 0 spiro atoms. The first-order valence-electron chi connectivity index (χ1n) is 8.88. The number of urea groups is 1. The number of hydrogen-bond acceptors (Lipinski definition) is 5. The van der Waals surface area contributed by atoms with E-state index < -0.39 is 17.8 Å². The van der Waals surface area contributed by atoms with E-state index >= 15 is 0 Å².